The van der Waals surface area contributed by atoms with Gasteiger partial charge in [0.1, 0.15) is 17.6 Å². The molecule has 3 atom stereocenters. The lowest BCUT2D eigenvalue weighted by Crippen LogP contribution is -2.49. The van der Waals surface area contributed by atoms with Gasteiger partial charge < -0.3 is 19.3 Å². The molecule has 0 radical (unpaired) electrons. The zero-order chi connectivity index (χ0) is 21.4. The predicted octanol–water partition coefficient (Wildman–Crippen LogP) is 4.74. The van der Waals surface area contributed by atoms with Crippen LogP contribution in [0.2, 0.25) is 0 Å². The van der Waals surface area contributed by atoms with Crippen LogP contribution < -0.4 is 9.47 Å². The van der Waals surface area contributed by atoms with Crippen molar-refractivity contribution in [3.05, 3.63) is 47.5 Å². The number of hydrogen-bond acceptors (Lipinski definition) is 6. The van der Waals surface area contributed by atoms with Gasteiger partial charge in [-0.3, -0.25) is 9.69 Å². The Morgan fingerprint density at radius 3 is 2.74 bits per heavy atom. The summed E-state index contributed by atoms with van der Waals surface area (Å²) in [4.78, 5) is 15.1. The van der Waals surface area contributed by atoms with Crippen molar-refractivity contribution >= 4 is 5.97 Å². The first-order valence-corrected chi connectivity index (χ1v) is 11.2. The van der Waals surface area contributed by atoms with Gasteiger partial charge in [0.05, 0.1) is 7.11 Å². The van der Waals surface area contributed by atoms with E-state index in [9.17, 15) is 9.90 Å². The summed E-state index contributed by atoms with van der Waals surface area (Å²) in [6.07, 6.45) is 5.92. The zero-order valence-corrected chi connectivity index (χ0v) is 17.9. The maximum atomic E-state index is 12.6. The zero-order valence-electron chi connectivity index (χ0n) is 17.9. The molecule has 0 aliphatic carbocycles. The highest BCUT2D eigenvalue weighted by Crippen LogP contribution is 2.46. The average molecular weight is 424 g/mol. The number of aryl methyl sites for hydroxylation is 1. The van der Waals surface area contributed by atoms with Crippen LogP contribution in [0.3, 0.4) is 0 Å². The van der Waals surface area contributed by atoms with E-state index in [0.29, 0.717) is 36.8 Å². The molecule has 2 aromatic carbocycles. The van der Waals surface area contributed by atoms with Gasteiger partial charge in [0.15, 0.2) is 11.5 Å². The van der Waals surface area contributed by atoms with Crippen LogP contribution in [0, 0.1) is 0 Å². The number of phenolic OH excluding ortho intramolecular Hbond substituents is 1. The molecule has 2 aromatic rings. The van der Waals surface area contributed by atoms with Gasteiger partial charge in [-0.1, -0.05) is 18.6 Å². The van der Waals surface area contributed by atoms with Gasteiger partial charge in [-0.25, -0.2) is 0 Å². The number of piperidine rings is 2. The molecule has 6 rings (SSSR count). The number of esters is 1. The molecule has 0 amide bonds. The van der Waals surface area contributed by atoms with Gasteiger partial charge in [0, 0.05) is 43.0 Å². The number of benzene rings is 2. The highest BCUT2D eigenvalue weighted by molar-refractivity contribution is 5.70. The van der Waals surface area contributed by atoms with E-state index < -0.39 is 0 Å². The van der Waals surface area contributed by atoms with Gasteiger partial charge in [0.2, 0.25) is 0 Å². The Hall–Kier alpha value is -2.73. The molecule has 0 spiro atoms. The number of rotatable bonds is 1. The molecule has 2 fully saturated rings. The Morgan fingerprint density at radius 2 is 1.94 bits per heavy atom. The summed E-state index contributed by atoms with van der Waals surface area (Å²) >= 11 is 0. The Kier molecular flexibility index (Phi) is 5.48. The molecule has 0 saturated carbocycles. The van der Waals surface area contributed by atoms with Crippen molar-refractivity contribution in [2.24, 2.45) is 0 Å². The van der Waals surface area contributed by atoms with E-state index in [1.807, 2.05) is 24.3 Å². The molecule has 4 bridgehead atoms. The monoisotopic (exact) mass is 423 g/mol. The molecule has 0 unspecified atom stereocenters. The first-order chi connectivity index (χ1) is 15.1. The molecule has 2 saturated heterocycles. The van der Waals surface area contributed by atoms with Gasteiger partial charge in [-0.05, 0) is 49.6 Å². The minimum Gasteiger partial charge on any atom is -0.504 e. The first kappa shape index (κ1) is 20.2. The van der Waals surface area contributed by atoms with E-state index in [1.165, 1.54) is 13.5 Å². The lowest BCUT2D eigenvalue weighted by atomic mass is 9.84. The molecule has 31 heavy (non-hydrogen) atoms. The van der Waals surface area contributed by atoms with Crippen LogP contribution >= 0.6 is 0 Å². The van der Waals surface area contributed by atoms with E-state index in [1.54, 1.807) is 12.1 Å². The average Bonchev–Trinajstić information content (AvgIpc) is 2.78. The van der Waals surface area contributed by atoms with E-state index in [0.717, 1.165) is 42.7 Å². The highest BCUT2D eigenvalue weighted by Gasteiger charge is 2.40. The summed E-state index contributed by atoms with van der Waals surface area (Å²) in [7, 11) is 1.54. The number of phenols is 1. The van der Waals surface area contributed by atoms with Gasteiger partial charge in [-0.2, -0.15) is 0 Å². The number of carbonyl (C=O) groups is 1. The lowest BCUT2D eigenvalue weighted by molar-refractivity contribution is -0.154. The summed E-state index contributed by atoms with van der Waals surface area (Å²) in [5, 5.41) is 10.6. The number of hydrogen-bond donors (Lipinski definition) is 1. The quantitative estimate of drug-likeness (QED) is 0.668. The fourth-order valence-corrected chi connectivity index (χ4v) is 5.29. The van der Waals surface area contributed by atoms with Crippen LogP contribution in [0.5, 0.6) is 23.0 Å². The predicted molar refractivity (Wildman–Crippen MR) is 116 cm³/mol. The van der Waals surface area contributed by atoms with Crippen LogP contribution in [0.1, 0.15) is 55.7 Å². The third kappa shape index (κ3) is 4.09. The number of carbonyl (C=O) groups excluding carboxylic acids is 1. The van der Waals surface area contributed by atoms with Crippen molar-refractivity contribution < 1.29 is 24.1 Å². The Bertz CT molecular complexity index is 957. The van der Waals surface area contributed by atoms with Crippen LogP contribution in [0.4, 0.5) is 0 Å². The Balaban J connectivity index is 1.61. The SMILES string of the molecule is COc1cc2c(cc1O)[C@@H]1C[C@@H](C[C@H]3CCCCN31)OC(=O)CCc1ccc(cc1)O2. The van der Waals surface area contributed by atoms with E-state index in [-0.39, 0.29) is 23.9 Å². The van der Waals surface area contributed by atoms with Crippen LogP contribution in [0.15, 0.2) is 36.4 Å². The van der Waals surface area contributed by atoms with E-state index >= 15 is 0 Å². The van der Waals surface area contributed by atoms with Gasteiger partial charge in [-0.15, -0.1) is 0 Å². The number of nitrogens with zero attached hydrogens (tertiary/aromatic N) is 1. The van der Waals surface area contributed by atoms with Crippen molar-refractivity contribution in [1.82, 2.24) is 4.90 Å². The number of ether oxygens (including phenoxy) is 3. The fraction of sp³-hybridized carbons (Fsp3) is 0.480. The minimum absolute atomic E-state index is 0.00544. The second-order valence-electron chi connectivity index (χ2n) is 8.79. The molecule has 164 valence electrons. The molecule has 4 aliphatic rings. The summed E-state index contributed by atoms with van der Waals surface area (Å²) in [5.74, 6) is 1.73. The van der Waals surface area contributed by atoms with Crippen LogP contribution in [-0.4, -0.2) is 41.8 Å². The smallest absolute Gasteiger partial charge is 0.306 e. The lowest BCUT2D eigenvalue weighted by Gasteiger charge is -2.47. The number of methoxy groups -OCH3 is 1. The minimum atomic E-state index is -0.136. The molecule has 4 aliphatic heterocycles. The van der Waals surface area contributed by atoms with Crippen molar-refractivity contribution in [2.75, 3.05) is 13.7 Å². The molecule has 6 heteroatoms. The van der Waals surface area contributed by atoms with E-state index in [2.05, 4.69) is 4.90 Å². The summed E-state index contributed by atoms with van der Waals surface area (Å²) < 4.78 is 17.6. The van der Waals surface area contributed by atoms with Crippen molar-refractivity contribution in [3.8, 4) is 23.0 Å². The fourth-order valence-electron chi connectivity index (χ4n) is 5.29. The molecule has 4 heterocycles. The Labute approximate surface area is 182 Å². The largest absolute Gasteiger partial charge is 0.504 e. The van der Waals surface area contributed by atoms with E-state index in [4.69, 9.17) is 14.2 Å². The van der Waals surface area contributed by atoms with Crippen molar-refractivity contribution in [2.45, 2.75) is 63.1 Å². The maximum Gasteiger partial charge on any atom is 0.306 e. The summed E-state index contributed by atoms with van der Waals surface area (Å²) in [5.41, 5.74) is 1.98. The van der Waals surface area contributed by atoms with Crippen LogP contribution in [0.25, 0.3) is 0 Å². The van der Waals surface area contributed by atoms with Gasteiger partial charge >= 0.3 is 5.97 Å². The third-order valence-electron chi connectivity index (χ3n) is 6.83. The summed E-state index contributed by atoms with van der Waals surface area (Å²) in [6.45, 7) is 0.997. The second-order valence-corrected chi connectivity index (χ2v) is 8.79. The number of aromatic hydroxyl groups is 1. The molecular formula is C25H29NO5. The molecular weight excluding hydrogens is 394 g/mol. The first-order valence-electron chi connectivity index (χ1n) is 11.2. The number of fused-ring (bicyclic) bond motifs is 6. The Morgan fingerprint density at radius 1 is 1.10 bits per heavy atom. The molecule has 6 nitrogen and oxygen atoms in total. The molecule has 0 aromatic heterocycles. The maximum absolute atomic E-state index is 12.6. The highest BCUT2D eigenvalue weighted by atomic mass is 16.5. The van der Waals surface area contributed by atoms with Gasteiger partial charge in [0.25, 0.3) is 0 Å². The second kappa shape index (κ2) is 8.42. The van der Waals surface area contributed by atoms with Crippen molar-refractivity contribution in [3.63, 3.8) is 0 Å². The van der Waals surface area contributed by atoms with Crippen LogP contribution in [-0.2, 0) is 16.0 Å². The topological polar surface area (TPSA) is 68.2 Å². The third-order valence-corrected chi connectivity index (χ3v) is 6.83. The summed E-state index contributed by atoms with van der Waals surface area (Å²) in [6, 6.07) is 11.7. The standard InChI is InChI=1S/C25H29NO5/c1-29-24-15-23-20(14-22(24)27)21-13-19(12-17-4-2-3-11-26(17)21)31-25(28)10-7-16-5-8-18(30-23)9-6-16/h5-6,8-9,14-15,17,19,21,27H,2-4,7,10-13H2,1H3/t17-,19-,21+/m1/s1. The van der Waals surface area contributed by atoms with Crippen molar-refractivity contribution in [1.29, 1.82) is 0 Å². The normalized spacial score (nSPS) is 26.1. The molecule has 1 N–H and O–H groups in total.